The molecule has 2 amide bonds. The number of anilines is 3. The minimum atomic E-state index is -4.22. The molecule has 10 rings (SSSR count). The lowest BCUT2D eigenvalue weighted by Gasteiger charge is -2.33. The first kappa shape index (κ1) is 45.0. The lowest BCUT2D eigenvalue weighted by atomic mass is 9.73. The number of allylic oxidation sites excluding steroid dienone is 1. The van der Waals surface area contributed by atoms with E-state index in [1.807, 2.05) is 4.72 Å². The van der Waals surface area contributed by atoms with E-state index in [-0.39, 0.29) is 0 Å². The molecule has 0 saturated heterocycles. The topological polar surface area (TPSA) is 161 Å². The van der Waals surface area contributed by atoms with E-state index in [1.165, 1.54) is 161 Å². The van der Waals surface area contributed by atoms with Crippen molar-refractivity contribution in [1.82, 2.24) is 4.72 Å². The molecule has 0 unspecified atom stereocenters. The van der Waals surface area contributed by atoms with Crippen molar-refractivity contribution in [1.29, 1.82) is 0 Å². The Balaban J connectivity index is 0.000000142. The number of carbonyl (C=O) groups is 1. The molecule has 6 aliphatic carbocycles. The van der Waals surface area contributed by atoms with Crippen LogP contribution in [0.5, 0.6) is 0 Å². The van der Waals surface area contributed by atoms with Crippen LogP contribution in [0.15, 0.2) is 64.8 Å². The van der Waals surface area contributed by atoms with Crippen molar-refractivity contribution in [3.05, 3.63) is 111 Å². The van der Waals surface area contributed by atoms with Crippen molar-refractivity contribution >= 4 is 38.7 Å². The van der Waals surface area contributed by atoms with Gasteiger partial charge in [-0.25, -0.2) is 9.52 Å². The van der Waals surface area contributed by atoms with Gasteiger partial charge in [-0.15, -0.1) is 0 Å². The molecule has 1 heterocycles. The van der Waals surface area contributed by atoms with Crippen LogP contribution in [0.4, 0.5) is 21.9 Å². The van der Waals surface area contributed by atoms with Crippen LogP contribution in [0.3, 0.4) is 0 Å². The summed E-state index contributed by atoms with van der Waals surface area (Å²) in [6.45, 7) is 11.8. The highest BCUT2D eigenvalue weighted by molar-refractivity contribution is 7.89. The average Bonchev–Trinajstić information content (AvgIpc) is 4.00. The van der Waals surface area contributed by atoms with E-state index in [4.69, 9.17) is 15.9 Å². The summed E-state index contributed by atoms with van der Waals surface area (Å²) in [7, 11) is -4.22. The number of carbonyl (C=O) groups excluding carboxylic acids is 1. The van der Waals surface area contributed by atoms with Crippen LogP contribution in [0.1, 0.15) is 172 Å². The summed E-state index contributed by atoms with van der Waals surface area (Å²) >= 11 is 0. The molecule has 0 bridgehead atoms. The largest absolute Gasteiger partial charge is 0.451 e. The summed E-state index contributed by atoms with van der Waals surface area (Å²) in [6.07, 6.45) is 23.2. The SMILES string of the molecule is C=C(c1ccc2c(c1N)CCC2)C1CCC1.C[C@H](c1ccc2c(c1N)CCC2)C1CCC1.C[C@H](c1ccc2c(c1NC(=O)NS(=O)(=O)c1cc(C(C)(C)O)co1)CCC2)C1CCC1. The Kier molecular flexibility index (Phi) is 13.2. The van der Waals surface area contributed by atoms with Crippen LogP contribution in [0, 0.1) is 17.8 Å². The molecule has 0 radical (unpaired) electrons. The second kappa shape index (κ2) is 18.5. The molecule has 0 aliphatic heterocycles. The molecule has 9 nitrogen and oxygen atoms in total. The predicted octanol–water partition coefficient (Wildman–Crippen LogP) is 11.6. The van der Waals surface area contributed by atoms with Crippen molar-refractivity contribution in [2.24, 2.45) is 17.8 Å². The molecule has 6 aliphatic rings. The van der Waals surface area contributed by atoms with Crippen LogP contribution < -0.4 is 21.5 Å². The molecule has 4 aromatic rings. The van der Waals surface area contributed by atoms with E-state index in [0.717, 1.165) is 59.8 Å². The number of nitrogens with two attached hydrogens (primary N) is 2. The maximum Gasteiger partial charge on any atom is 0.333 e. The van der Waals surface area contributed by atoms with Crippen molar-refractivity contribution in [2.45, 2.75) is 166 Å². The molecule has 0 spiro atoms. The van der Waals surface area contributed by atoms with Crippen LogP contribution in [0.2, 0.25) is 0 Å². The Hall–Kier alpha value is -4.54. The average molecular weight is 875 g/mol. The molecular weight excluding hydrogens is 805 g/mol. The van der Waals surface area contributed by atoms with Gasteiger partial charge in [0.2, 0.25) is 5.09 Å². The van der Waals surface area contributed by atoms with Crippen LogP contribution >= 0.6 is 0 Å². The van der Waals surface area contributed by atoms with E-state index in [2.05, 4.69) is 62.1 Å². The number of furan rings is 1. The fraction of sp³-hybridized carbons (Fsp3) is 0.528. The highest BCUT2D eigenvalue weighted by Gasteiger charge is 2.32. The van der Waals surface area contributed by atoms with Gasteiger partial charge < -0.3 is 26.3 Å². The van der Waals surface area contributed by atoms with Gasteiger partial charge in [-0.2, -0.15) is 8.42 Å². The summed E-state index contributed by atoms with van der Waals surface area (Å²) in [5.74, 6) is 3.14. The molecule has 63 heavy (non-hydrogen) atoms. The quantitative estimate of drug-likeness (QED) is 0.0991. The molecule has 2 atom stereocenters. The summed E-state index contributed by atoms with van der Waals surface area (Å²) in [4.78, 5) is 12.7. The molecule has 3 aromatic carbocycles. The predicted molar refractivity (Wildman–Crippen MR) is 255 cm³/mol. The number of sulfonamides is 1. The van der Waals surface area contributed by atoms with Crippen LogP contribution in [-0.4, -0.2) is 19.6 Å². The van der Waals surface area contributed by atoms with E-state index in [1.54, 1.807) is 0 Å². The fourth-order valence-corrected chi connectivity index (χ4v) is 11.6. The second-order valence-corrected chi connectivity index (χ2v) is 21.6. The highest BCUT2D eigenvalue weighted by atomic mass is 32.2. The van der Waals surface area contributed by atoms with Gasteiger partial charge in [0.05, 0.1) is 11.9 Å². The standard InChI is InChI=1S/C23H30N2O5S.C15H21N.C15H19N/c1-14(15-6-4-7-15)18-11-10-16-8-5-9-19(16)21(18)24-22(26)25-31(28,29)20-12-17(13-30-20)23(2,3)27;2*1-10(11-4-2-5-11)13-9-8-12-6-3-7-14(12)15(13)16/h10-15,27H,4-9H2,1-3H3,(H2,24,25,26);8-11H,2-7,16H2,1H3;8-9,11H,1-7,16H2/t14-;10-;/m00./s1. The number of fused-ring (bicyclic) bond motifs is 3. The molecule has 10 heteroatoms. The van der Waals surface area contributed by atoms with Gasteiger partial charge in [-0.05, 0) is 190 Å². The van der Waals surface area contributed by atoms with Gasteiger partial charge in [0.25, 0.3) is 10.0 Å². The Bertz CT molecular complexity index is 2450. The highest BCUT2D eigenvalue weighted by Crippen LogP contribution is 2.46. The molecule has 338 valence electrons. The van der Waals surface area contributed by atoms with Gasteiger partial charge in [0.15, 0.2) is 0 Å². The normalized spacial score (nSPS) is 19.1. The molecule has 3 fully saturated rings. The summed E-state index contributed by atoms with van der Waals surface area (Å²) < 4.78 is 32.4. The number of hydrogen-bond donors (Lipinski definition) is 5. The minimum Gasteiger partial charge on any atom is -0.451 e. The maximum atomic E-state index is 12.7. The molecule has 7 N–H and O–H groups in total. The van der Waals surface area contributed by atoms with Crippen LogP contribution in [0.25, 0.3) is 5.57 Å². The third kappa shape index (κ3) is 9.49. The monoisotopic (exact) mass is 875 g/mol. The zero-order valence-electron chi connectivity index (χ0n) is 38.1. The zero-order valence-corrected chi connectivity index (χ0v) is 38.9. The number of benzene rings is 3. The summed E-state index contributed by atoms with van der Waals surface area (Å²) in [6, 6.07) is 13.7. The van der Waals surface area contributed by atoms with Crippen molar-refractivity contribution in [3.63, 3.8) is 0 Å². The van der Waals surface area contributed by atoms with Crippen molar-refractivity contribution in [2.75, 3.05) is 16.8 Å². The van der Waals surface area contributed by atoms with Gasteiger partial charge in [0, 0.05) is 34.3 Å². The van der Waals surface area contributed by atoms with Gasteiger partial charge in [-0.1, -0.05) is 76.1 Å². The number of urea groups is 1. The van der Waals surface area contributed by atoms with E-state index < -0.39 is 26.7 Å². The Morgan fingerprint density at radius 3 is 1.76 bits per heavy atom. The molecule has 1 aromatic heterocycles. The van der Waals surface area contributed by atoms with Gasteiger partial charge >= 0.3 is 6.03 Å². The smallest absolute Gasteiger partial charge is 0.333 e. The second-order valence-electron chi connectivity index (χ2n) is 20.0. The number of nitrogen functional groups attached to an aromatic ring is 2. The Morgan fingerprint density at radius 2 is 1.24 bits per heavy atom. The Morgan fingerprint density at radius 1 is 0.730 bits per heavy atom. The van der Waals surface area contributed by atoms with Crippen molar-refractivity contribution in [3.8, 4) is 0 Å². The number of amides is 2. The lowest BCUT2D eigenvalue weighted by Crippen LogP contribution is -2.35. The van der Waals surface area contributed by atoms with E-state index in [0.29, 0.717) is 29.2 Å². The van der Waals surface area contributed by atoms with Crippen LogP contribution in [-0.2, 0) is 54.1 Å². The number of hydrogen-bond acceptors (Lipinski definition) is 7. The third-order valence-corrected chi connectivity index (χ3v) is 16.9. The number of nitrogens with one attached hydrogen (secondary N) is 2. The van der Waals surface area contributed by atoms with Gasteiger partial charge in [-0.3, -0.25) is 0 Å². The lowest BCUT2D eigenvalue weighted by molar-refractivity contribution is 0.0779. The number of aryl methyl sites for hydroxylation is 3. The zero-order chi connectivity index (χ0) is 44.6. The molecule has 3 saturated carbocycles. The summed E-state index contributed by atoms with van der Waals surface area (Å²) in [5, 5.41) is 12.5. The first-order valence-corrected chi connectivity index (χ1v) is 25.4. The first-order valence-electron chi connectivity index (χ1n) is 23.9. The van der Waals surface area contributed by atoms with Crippen molar-refractivity contribution < 1.29 is 22.7 Å². The first-order chi connectivity index (χ1) is 30.1. The minimum absolute atomic E-state index is 0.297. The number of aliphatic hydroxyl groups is 1. The summed E-state index contributed by atoms with van der Waals surface area (Å²) in [5.41, 5.74) is 27.7. The maximum absolute atomic E-state index is 12.7. The number of rotatable bonds is 10. The van der Waals surface area contributed by atoms with Gasteiger partial charge in [0.1, 0.15) is 0 Å². The fourth-order valence-electron chi connectivity index (χ4n) is 10.8. The van der Waals surface area contributed by atoms with E-state index in [9.17, 15) is 18.3 Å². The van der Waals surface area contributed by atoms with E-state index >= 15 is 0 Å². The third-order valence-electron chi connectivity index (χ3n) is 15.7. The molecular formula is C53H70N4O5S. The Labute approximate surface area is 375 Å².